The minimum atomic E-state index is -0.510. The normalized spacial score (nSPS) is 15.5. The number of aliphatic hydroxyl groups is 1. The van der Waals surface area contributed by atoms with Crippen molar-refractivity contribution in [3.63, 3.8) is 0 Å². The lowest BCUT2D eigenvalue weighted by molar-refractivity contribution is -0.00785. The lowest BCUT2D eigenvalue weighted by Gasteiger charge is -2.32. The highest BCUT2D eigenvalue weighted by Gasteiger charge is 2.28. The second-order valence-electron chi connectivity index (χ2n) is 4.29. The van der Waals surface area contributed by atoms with Gasteiger partial charge in [0.05, 0.1) is 5.60 Å². The fourth-order valence-corrected chi connectivity index (χ4v) is 1.81. The lowest BCUT2D eigenvalue weighted by Crippen LogP contribution is -2.34. The molecule has 0 radical (unpaired) electrons. The zero-order valence-corrected chi connectivity index (χ0v) is 8.52. The van der Waals surface area contributed by atoms with Gasteiger partial charge in [0.2, 0.25) is 0 Å². The van der Waals surface area contributed by atoms with Crippen molar-refractivity contribution in [2.75, 3.05) is 0 Å². The van der Waals surface area contributed by atoms with Gasteiger partial charge in [0.25, 0.3) is 0 Å². The average Bonchev–Trinajstić information content (AvgIpc) is 1.79. The smallest absolute Gasteiger partial charge is 0.0622 e. The standard InChI is InChI=1S/C10H22O/c1-6-7-9(8(2)3)10(4,5)11/h8-9,11H,6-7H2,1-5H3. The molecule has 0 spiro atoms. The first-order chi connectivity index (χ1) is 4.89. The summed E-state index contributed by atoms with van der Waals surface area (Å²) in [6, 6.07) is 0. The molecule has 0 saturated carbocycles. The van der Waals surface area contributed by atoms with Gasteiger partial charge in [0, 0.05) is 0 Å². The van der Waals surface area contributed by atoms with E-state index in [0.717, 1.165) is 12.8 Å². The molecule has 68 valence electrons. The molecule has 0 aliphatic rings. The first kappa shape index (κ1) is 11.0. The zero-order valence-electron chi connectivity index (χ0n) is 8.52. The predicted molar refractivity (Wildman–Crippen MR) is 49.5 cm³/mol. The van der Waals surface area contributed by atoms with Crippen LogP contribution in [0, 0.1) is 11.8 Å². The molecule has 0 rings (SSSR count). The molecule has 0 aromatic carbocycles. The maximum absolute atomic E-state index is 9.78. The molecule has 0 fully saturated rings. The summed E-state index contributed by atoms with van der Waals surface area (Å²) in [5.41, 5.74) is -0.510. The SMILES string of the molecule is CCCC(C(C)C)C(C)(C)O. The third-order valence-corrected chi connectivity index (χ3v) is 2.31. The van der Waals surface area contributed by atoms with E-state index in [4.69, 9.17) is 0 Å². The summed E-state index contributed by atoms with van der Waals surface area (Å²) in [6.07, 6.45) is 2.29. The highest BCUT2D eigenvalue weighted by Crippen LogP contribution is 2.28. The monoisotopic (exact) mass is 158 g/mol. The van der Waals surface area contributed by atoms with Gasteiger partial charge in [-0.25, -0.2) is 0 Å². The van der Waals surface area contributed by atoms with Gasteiger partial charge >= 0.3 is 0 Å². The molecule has 1 atom stereocenters. The summed E-state index contributed by atoms with van der Waals surface area (Å²) in [5.74, 6) is 1.02. The Morgan fingerprint density at radius 3 is 1.82 bits per heavy atom. The van der Waals surface area contributed by atoms with Gasteiger partial charge in [0.15, 0.2) is 0 Å². The quantitative estimate of drug-likeness (QED) is 0.667. The van der Waals surface area contributed by atoms with Gasteiger partial charge in [0.1, 0.15) is 0 Å². The molecule has 0 aliphatic carbocycles. The number of hydrogen-bond donors (Lipinski definition) is 1. The van der Waals surface area contributed by atoms with Crippen molar-refractivity contribution in [1.29, 1.82) is 0 Å². The van der Waals surface area contributed by atoms with E-state index in [1.165, 1.54) is 0 Å². The van der Waals surface area contributed by atoms with Crippen molar-refractivity contribution in [2.24, 2.45) is 11.8 Å². The van der Waals surface area contributed by atoms with E-state index >= 15 is 0 Å². The van der Waals surface area contributed by atoms with Crippen LogP contribution in [0.4, 0.5) is 0 Å². The van der Waals surface area contributed by atoms with Crippen LogP contribution in [0.15, 0.2) is 0 Å². The topological polar surface area (TPSA) is 20.2 Å². The Kier molecular flexibility index (Phi) is 4.09. The van der Waals surface area contributed by atoms with Crippen LogP contribution in [0.25, 0.3) is 0 Å². The van der Waals surface area contributed by atoms with Crippen LogP contribution in [0.2, 0.25) is 0 Å². The molecular formula is C10H22O. The highest BCUT2D eigenvalue weighted by molar-refractivity contribution is 4.79. The van der Waals surface area contributed by atoms with E-state index in [-0.39, 0.29) is 0 Å². The minimum Gasteiger partial charge on any atom is -0.390 e. The van der Waals surface area contributed by atoms with Gasteiger partial charge in [-0.3, -0.25) is 0 Å². The first-order valence-electron chi connectivity index (χ1n) is 4.62. The summed E-state index contributed by atoms with van der Waals surface area (Å²) in [7, 11) is 0. The molecule has 1 heteroatoms. The molecule has 0 amide bonds. The van der Waals surface area contributed by atoms with Crippen LogP contribution in [-0.2, 0) is 0 Å². The fraction of sp³-hybridized carbons (Fsp3) is 1.00. The zero-order chi connectivity index (χ0) is 9.07. The molecule has 0 saturated heterocycles. The molecule has 0 bridgehead atoms. The molecular weight excluding hydrogens is 136 g/mol. The Morgan fingerprint density at radius 2 is 1.73 bits per heavy atom. The van der Waals surface area contributed by atoms with Crippen LogP contribution in [-0.4, -0.2) is 10.7 Å². The first-order valence-corrected chi connectivity index (χ1v) is 4.62. The van der Waals surface area contributed by atoms with E-state index in [1.807, 2.05) is 13.8 Å². The average molecular weight is 158 g/mol. The molecule has 11 heavy (non-hydrogen) atoms. The summed E-state index contributed by atoms with van der Waals surface area (Å²) < 4.78 is 0. The van der Waals surface area contributed by atoms with E-state index in [0.29, 0.717) is 11.8 Å². The molecule has 0 heterocycles. The van der Waals surface area contributed by atoms with Crippen molar-refractivity contribution >= 4 is 0 Å². The summed E-state index contributed by atoms with van der Waals surface area (Å²) >= 11 is 0. The molecule has 0 aromatic rings. The van der Waals surface area contributed by atoms with E-state index in [2.05, 4.69) is 20.8 Å². The molecule has 0 aliphatic heterocycles. The Morgan fingerprint density at radius 1 is 1.27 bits per heavy atom. The van der Waals surface area contributed by atoms with Gasteiger partial charge in [-0.05, 0) is 32.1 Å². The van der Waals surface area contributed by atoms with Crippen LogP contribution in [0.3, 0.4) is 0 Å². The molecule has 0 aromatic heterocycles. The van der Waals surface area contributed by atoms with Gasteiger partial charge in [-0.1, -0.05) is 27.2 Å². The van der Waals surface area contributed by atoms with Crippen LogP contribution >= 0.6 is 0 Å². The van der Waals surface area contributed by atoms with Gasteiger partial charge in [-0.2, -0.15) is 0 Å². The van der Waals surface area contributed by atoms with Crippen LogP contribution < -0.4 is 0 Å². The maximum atomic E-state index is 9.78. The van der Waals surface area contributed by atoms with Crippen molar-refractivity contribution in [3.8, 4) is 0 Å². The third kappa shape index (κ3) is 3.76. The minimum absolute atomic E-state index is 0.437. The second-order valence-corrected chi connectivity index (χ2v) is 4.29. The van der Waals surface area contributed by atoms with E-state index in [1.54, 1.807) is 0 Å². The Balaban J connectivity index is 4.10. The van der Waals surface area contributed by atoms with Gasteiger partial charge in [-0.15, -0.1) is 0 Å². The molecule has 1 N–H and O–H groups in total. The lowest BCUT2D eigenvalue weighted by atomic mass is 9.79. The number of hydrogen-bond acceptors (Lipinski definition) is 1. The van der Waals surface area contributed by atoms with Crippen molar-refractivity contribution in [3.05, 3.63) is 0 Å². The van der Waals surface area contributed by atoms with Crippen LogP contribution in [0.1, 0.15) is 47.5 Å². The van der Waals surface area contributed by atoms with Crippen molar-refractivity contribution in [2.45, 2.75) is 53.1 Å². The molecule has 1 nitrogen and oxygen atoms in total. The third-order valence-electron chi connectivity index (χ3n) is 2.31. The largest absolute Gasteiger partial charge is 0.390 e. The Bertz CT molecular complexity index is 99.9. The second kappa shape index (κ2) is 4.10. The molecule has 1 unspecified atom stereocenters. The number of rotatable bonds is 4. The van der Waals surface area contributed by atoms with E-state index < -0.39 is 5.60 Å². The fourth-order valence-electron chi connectivity index (χ4n) is 1.81. The van der Waals surface area contributed by atoms with Gasteiger partial charge < -0.3 is 5.11 Å². The van der Waals surface area contributed by atoms with Crippen LogP contribution in [0.5, 0.6) is 0 Å². The van der Waals surface area contributed by atoms with Crippen molar-refractivity contribution < 1.29 is 5.11 Å². The van der Waals surface area contributed by atoms with E-state index in [9.17, 15) is 5.11 Å². The highest BCUT2D eigenvalue weighted by atomic mass is 16.3. The Hall–Kier alpha value is -0.0400. The predicted octanol–water partition coefficient (Wildman–Crippen LogP) is 2.83. The maximum Gasteiger partial charge on any atom is 0.0622 e. The summed E-state index contributed by atoms with van der Waals surface area (Å²) in [5, 5.41) is 9.78. The van der Waals surface area contributed by atoms with Crippen molar-refractivity contribution in [1.82, 2.24) is 0 Å². The Labute approximate surface area is 70.8 Å². The summed E-state index contributed by atoms with van der Waals surface area (Å²) in [4.78, 5) is 0. The summed E-state index contributed by atoms with van der Waals surface area (Å²) in [6.45, 7) is 10.3.